The van der Waals surface area contributed by atoms with Gasteiger partial charge in [-0.1, -0.05) is 30.3 Å². The van der Waals surface area contributed by atoms with E-state index in [1.807, 2.05) is 35.0 Å². The summed E-state index contributed by atoms with van der Waals surface area (Å²) in [6.45, 7) is 6.27. The minimum atomic E-state index is -0.175. The summed E-state index contributed by atoms with van der Waals surface area (Å²) >= 11 is 0. The molecule has 0 saturated heterocycles. The average Bonchev–Trinajstić information content (AvgIpc) is 2.91. The summed E-state index contributed by atoms with van der Waals surface area (Å²) in [4.78, 5) is 8.47. The minimum Gasteiger partial charge on any atom is -0.400 e. The highest BCUT2D eigenvalue weighted by atomic mass is 16.2. The van der Waals surface area contributed by atoms with Crippen molar-refractivity contribution in [2.24, 2.45) is 0 Å². The summed E-state index contributed by atoms with van der Waals surface area (Å²) in [6.07, 6.45) is 1.48. The number of rotatable bonds is 1. The Morgan fingerprint density at radius 1 is 1.05 bits per heavy atom. The molecule has 6 heteroatoms. The van der Waals surface area contributed by atoms with Crippen molar-refractivity contribution < 1.29 is 5.11 Å². The van der Waals surface area contributed by atoms with Crippen LogP contribution in [0.2, 0.25) is 0 Å². The van der Waals surface area contributed by atoms with Crippen molar-refractivity contribution in [2.75, 3.05) is 12.8 Å². The smallest absolute Gasteiger partial charge is 0.164 e. The maximum atomic E-state index is 7.00. The van der Waals surface area contributed by atoms with E-state index < -0.39 is 0 Å². The molecule has 1 aromatic carbocycles. The molecule has 0 bridgehead atoms. The molecule has 2 heterocycles. The molecule has 0 saturated carbocycles. The molecule has 3 rings (SSSR count). The van der Waals surface area contributed by atoms with Crippen molar-refractivity contribution in [2.45, 2.75) is 26.3 Å². The molecule has 0 fully saturated rings. The number of hydrogen-bond donors (Lipinski definition) is 2. The summed E-state index contributed by atoms with van der Waals surface area (Å²) < 4.78 is 1.91. The fourth-order valence-corrected chi connectivity index (χ4v) is 2.24. The average molecular weight is 299 g/mol. The van der Waals surface area contributed by atoms with Crippen molar-refractivity contribution in [1.29, 1.82) is 0 Å². The molecule has 0 atom stereocenters. The second kappa shape index (κ2) is 6.11. The van der Waals surface area contributed by atoms with Gasteiger partial charge < -0.3 is 10.8 Å². The van der Waals surface area contributed by atoms with E-state index in [4.69, 9.17) is 15.9 Å². The van der Waals surface area contributed by atoms with Crippen molar-refractivity contribution in [3.63, 3.8) is 0 Å². The van der Waals surface area contributed by atoms with Gasteiger partial charge in [0, 0.05) is 12.7 Å². The van der Waals surface area contributed by atoms with Gasteiger partial charge in [-0.3, -0.25) is 0 Å². The molecular formula is C16H21N5O. The Hall–Kier alpha value is -2.47. The lowest BCUT2D eigenvalue weighted by atomic mass is 10.1. The van der Waals surface area contributed by atoms with Crippen LogP contribution >= 0.6 is 0 Å². The third-order valence-electron chi connectivity index (χ3n) is 3.18. The molecule has 6 nitrogen and oxygen atoms in total. The molecule has 116 valence electrons. The summed E-state index contributed by atoms with van der Waals surface area (Å²) in [7, 11) is 1.00. The molecule has 0 radical (unpaired) electrons. The monoisotopic (exact) mass is 299 g/mol. The number of fused-ring (bicyclic) bond motifs is 1. The Balaban J connectivity index is 0.000000847. The molecule has 3 N–H and O–H groups in total. The van der Waals surface area contributed by atoms with Crippen LogP contribution < -0.4 is 5.73 Å². The Kier molecular flexibility index (Phi) is 4.42. The van der Waals surface area contributed by atoms with Gasteiger partial charge in [-0.15, -0.1) is 0 Å². The van der Waals surface area contributed by atoms with E-state index in [2.05, 4.69) is 30.7 Å². The van der Waals surface area contributed by atoms with Crippen LogP contribution in [-0.4, -0.2) is 32.0 Å². The number of aliphatic hydroxyl groups excluding tert-OH is 1. The Morgan fingerprint density at radius 2 is 1.68 bits per heavy atom. The first-order valence-corrected chi connectivity index (χ1v) is 6.98. The van der Waals surface area contributed by atoms with Crippen LogP contribution in [0.15, 0.2) is 36.7 Å². The van der Waals surface area contributed by atoms with Gasteiger partial charge in [-0.25, -0.2) is 14.6 Å². The fourth-order valence-electron chi connectivity index (χ4n) is 2.24. The summed E-state index contributed by atoms with van der Waals surface area (Å²) in [5.74, 6) is 0.462. The first kappa shape index (κ1) is 15.9. The molecule has 0 spiro atoms. The third-order valence-corrected chi connectivity index (χ3v) is 3.18. The number of nitrogens with two attached hydrogens (primary N) is 1. The molecule has 0 unspecified atom stereocenters. The molecule has 0 aliphatic heterocycles. The number of nitrogen functional groups attached to an aromatic ring is 1. The third kappa shape index (κ3) is 2.78. The number of aromatic nitrogens is 4. The van der Waals surface area contributed by atoms with Crippen LogP contribution in [0.25, 0.3) is 22.3 Å². The highest BCUT2D eigenvalue weighted by molar-refractivity contribution is 5.98. The van der Waals surface area contributed by atoms with Crippen LogP contribution in [0.5, 0.6) is 0 Å². The highest BCUT2D eigenvalue weighted by Crippen LogP contribution is 2.32. The quantitative estimate of drug-likeness (QED) is 0.720. The highest BCUT2D eigenvalue weighted by Gasteiger charge is 2.23. The Bertz CT molecular complexity index is 759. The van der Waals surface area contributed by atoms with Crippen molar-refractivity contribution in [3.8, 4) is 11.3 Å². The van der Waals surface area contributed by atoms with Crippen LogP contribution in [0.3, 0.4) is 0 Å². The molecule has 2 aromatic heterocycles. The summed E-state index contributed by atoms with van der Waals surface area (Å²) in [5, 5.41) is 12.5. The maximum absolute atomic E-state index is 7.00. The maximum Gasteiger partial charge on any atom is 0.164 e. The van der Waals surface area contributed by atoms with Gasteiger partial charge in [-0.2, -0.15) is 5.10 Å². The van der Waals surface area contributed by atoms with Gasteiger partial charge in [0.1, 0.15) is 17.8 Å². The zero-order chi connectivity index (χ0) is 16.3. The lowest BCUT2D eigenvalue weighted by Gasteiger charge is -2.19. The Labute approximate surface area is 129 Å². The summed E-state index contributed by atoms with van der Waals surface area (Å²) in [5.41, 5.74) is 8.48. The molecule has 0 amide bonds. The van der Waals surface area contributed by atoms with Crippen molar-refractivity contribution in [1.82, 2.24) is 19.7 Å². The van der Waals surface area contributed by atoms with Crippen LogP contribution in [0.1, 0.15) is 20.8 Å². The number of anilines is 1. The molecular weight excluding hydrogens is 278 g/mol. The topological polar surface area (TPSA) is 89.9 Å². The van der Waals surface area contributed by atoms with Crippen molar-refractivity contribution >= 4 is 16.9 Å². The lowest BCUT2D eigenvalue weighted by Crippen LogP contribution is -2.23. The second-order valence-corrected chi connectivity index (χ2v) is 5.75. The predicted molar refractivity (Wildman–Crippen MR) is 88.3 cm³/mol. The lowest BCUT2D eigenvalue weighted by molar-refractivity contribution is 0.367. The van der Waals surface area contributed by atoms with E-state index >= 15 is 0 Å². The minimum absolute atomic E-state index is 0.175. The predicted octanol–water partition coefficient (Wildman–Crippen LogP) is 2.44. The first-order chi connectivity index (χ1) is 10.5. The second-order valence-electron chi connectivity index (χ2n) is 5.75. The normalized spacial score (nSPS) is 11.1. The van der Waals surface area contributed by atoms with Crippen LogP contribution in [0.4, 0.5) is 5.82 Å². The van der Waals surface area contributed by atoms with Gasteiger partial charge in [0.2, 0.25) is 0 Å². The number of aliphatic hydroxyl groups is 1. The molecule has 3 aromatic rings. The number of benzene rings is 1. The molecule has 0 aliphatic rings. The zero-order valence-electron chi connectivity index (χ0n) is 13.3. The first-order valence-electron chi connectivity index (χ1n) is 6.98. The number of hydrogen-bond acceptors (Lipinski definition) is 5. The largest absolute Gasteiger partial charge is 0.400 e. The summed E-state index contributed by atoms with van der Waals surface area (Å²) in [6, 6.07) is 9.98. The van der Waals surface area contributed by atoms with Gasteiger partial charge in [0.25, 0.3) is 0 Å². The van der Waals surface area contributed by atoms with Gasteiger partial charge >= 0.3 is 0 Å². The van der Waals surface area contributed by atoms with E-state index in [0.29, 0.717) is 5.82 Å². The van der Waals surface area contributed by atoms with Gasteiger partial charge in [-0.05, 0) is 20.8 Å². The zero-order valence-corrected chi connectivity index (χ0v) is 13.3. The standard InChI is InChI=1S/C15H17N5.CH4O/c1-15(2,3)20-14-11(13(16)17-9-18-14)12(19-20)10-7-5-4-6-8-10;1-2/h4-9H,1-3H3,(H2,16,17,18);2H,1H3. The van der Waals surface area contributed by atoms with Crippen molar-refractivity contribution in [3.05, 3.63) is 36.7 Å². The van der Waals surface area contributed by atoms with Crippen LogP contribution in [0, 0.1) is 0 Å². The number of nitrogens with zero attached hydrogens (tertiary/aromatic N) is 4. The van der Waals surface area contributed by atoms with E-state index in [1.54, 1.807) is 0 Å². The molecule has 0 aliphatic carbocycles. The van der Waals surface area contributed by atoms with Crippen LogP contribution in [-0.2, 0) is 5.54 Å². The van der Waals surface area contributed by atoms with Gasteiger partial charge in [0.15, 0.2) is 5.65 Å². The van der Waals surface area contributed by atoms with E-state index in [9.17, 15) is 0 Å². The van der Waals surface area contributed by atoms with Gasteiger partial charge in [0.05, 0.1) is 10.9 Å². The van der Waals surface area contributed by atoms with E-state index in [1.165, 1.54) is 6.33 Å². The Morgan fingerprint density at radius 3 is 2.27 bits per heavy atom. The fraction of sp³-hybridized carbons (Fsp3) is 0.312. The van der Waals surface area contributed by atoms with E-state index in [-0.39, 0.29) is 5.54 Å². The molecule has 22 heavy (non-hydrogen) atoms. The van der Waals surface area contributed by atoms with E-state index in [0.717, 1.165) is 29.4 Å². The SMILES string of the molecule is CC(C)(C)n1nc(-c2ccccc2)c2c(N)ncnc21.CO.